The van der Waals surface area contributed by atoms with Gasteiger partial charge < -0.3 is 9.47 Å². The van der Waals surface area contributed by atoms with Crippen molar-refractivity contribution in [3.05, 3.63) is 50.7 Å². The minimum Gasteiger partial charge on any atom is -0.493 e. The fourth-order valence-corrected chi connectivity index (χ4v) is 2.89. The number of pyridine rings is 1. The van der Waals surface area contributed by atoms with Gasteiger partial charge >= 0.3 is 0 Å². The molecule has 0 aliphatic heterocycles. The third-order valence-electron chi connectivity index (χ3n) is 3.06. The first-order chi connectivity index (χ1) is 9.65. The number of benzene rings is 1. The molecular weight excluding hydrogens is 386 g/mol. The zero-order chi connectivity index (χ0) is 14.5. The van der Waals surface area contributed by atoms with Crippen LogP contribution in [0.5, 0.6) is 11.5 Å². The lowest BCUT2D eigenvalue weighted by Gasteiger charge is -2.12. The summed E-state index contributed by atoms with van der Waals surface area (Å²) in [6, 6.07) is 5.90. The second-order valence-electron chi connectivity index (χ2n) is 4.27. The maximum absolute atomic E-state index is 5.34. The molecule has 0 spiro atoms. The second-order valence-corrected chi connectivity index (χ2v) is 5.97. The van der Waals surface area contributed by atoms with Gasteiger partial charge in [0, 0.05) is 21.3 Å². The fourth-order valence-electron chi connectivity index (χ4n) is 1.95. The molecule has 20 heavy (non-hydrogen) atoms. The van der Waals surface area contributed by atoms with Gasteiger partial charge in [0.25, 0.3) is 0 Å². The molecular formula is C15H15Br2NO2. The minimum atomic E-state index is 0.727. The third-order valence-corrected chi connectivity index (χ3v) is 4.57. The van der Waals surface area contributed by atoms with Gasteiger partial charge in [0.05, 0.1) is 14.2 Å². The van der Waals surface area contributed by atoms with Gasteiger partial charge in [-0.3, -0.25) is 4.98 Å². The predicted octanol–water partition coefficient (Wildman–Crippen LogP) is 4.41. The average molecular weight is 401 g/mol. The van der Waals surface area contributed by atoms with Gasteiger partial charge in [0.15, 0.2) is 11.5 Å². The van der Waals surface area contributed by atoms with Crippen LogP contribution in [0.4, 0.5) is 0 Å². The van der Waals surface area contributed by atoms with Gasteiger partial charge in [0.2, 0.25) is 0 Å². The Labute approximate surface area is 135 Å². The summed E-state index contributed by atoms with van der Waals surface area (Å²) >= 11 is 7.12. The van der Waals surface area contributed by atoms with E-state index in [0.29, 0.717) is 0 Å². The Bertz CT molecular complexity index is 602. The highest BCUT2D eigenvalue weighted by molar-refractivity contribution is 9.10. The zero-order valence-electron chi connectivity index (χ0n) is 11.3. The summed E-state index contributed by atoms with van der Waals surface area (Å²) in [5, 5.41) is 0. The van der Waals surface area contributed by atoms with Crippen LogP contribution in [0.15, 0.2) is 39.5 Å². The Hall–Kier alpha value is -1.07. The smallest absolute Gasteiger partial charge is 0.161 e. The first-order valence-electron chi connectivity index (χ1n) is 6.14. The Balaban J connectivity index is 2.19. The summed E-state index contributed by atoms with van der Waals surface area (Å²) in [5.41, 5.74) is 2.37. The van der Waals surface area contributed by atoms with E-state index in [1.807, 2.05) is 24.4 Å². The van der Waals surface area contributed by atoms with Crippen molar-refractivity contribution in [3.8, 4) is 11.5 Å². The fraction of sp³-hybridized carbons (Fsp3) is 0.267. The molecule has 2 rings (SSSR count). The highest BCUT2D eigenvalue weighted by Gasteiger charge is 2.10. The lowest BCUT2D eigenvalue weighted by Crippen LogP contribution is -1.97. The molecule has 1 aromatic heterocycles. The maximum Gasteiger partial charge on any atom is 0.161 e. The molecule has 0 unspecified atom stereocenters. The lowest BCUT2D eigenvalue weighted by atomic mass is 10.1. The van der Waals surface area contributed by atoms with Gasteiger partial charge in [-0.2, -0.15) is 0 Å². The standard InChI is InChI=1S/C15H15Br2NO2/c1-19-14-7-10(13(17)8-15(14)20-2)3-4-11-9-18-6-5-12(11)16/h5-9H,3-4H2,1-2H3. The molecule has 3 nitrogen and oxygen atoms in total. The monoisotopic (exact) mass is 399 g/mol. The van der Waals surface area contributed by atoms with E-state index >= 15 is 0 Å². The van der Waals surface area contributed by atoms with Gasteiger partial charge in [-0.1, -0.05) is 31.9 Å². The molecule has 5 heteroatoms. The van der Waals surface area contributed by atoms with E-state index in [-0.39, 0.29) is 0 Å². The number of nitrogens with zero attached hydrogens (tertiary/aromatic N) is 1. The second kappa shape index (κ2) is 7.09. The molecule has 0 saturated carbocycles. The summed E-state index contributed by atoms with van der Waals surface area (Å²) in [6.45, 7) is 0. The van der Waals surface area contributed by atoms with Crippen LogP contribution in [0.1, 0.15) is 11.1 Å². The summed E-state index contributed by atoms with van der Waals surface area (Å²) in [5.74, 6) is 1.47. The number of hydrogen-bond acceptors (Lipinski definition) is 3. The van der Waals surface area contributed by atoms with Crippen molar-refractivity contribution in [2.45, 2.75) is 12.8 Å². The molecule has 0 amide bonds. The van der Waals surface area contributed by atoms with Gasteiger partial charge in [0.1, 0.15) is 0 Å². The molecule has 0 N–H and O–H groups in total. The van der Waals surface area contributed by atoms with Crippen LogP contribution in [-0.4, -0.2) is 19.2 Å². The van der Waals surface area contributed by atoms with Gasteiger partial charge in [-0.25, -0.2) is 0 Å². The van der Waals surface area contributed by atoms with Crippen LogP contribution >= 0.6 is 31.9 Å². The highest BCUT2D eigenvalue weighted by atomic mass is 79.9. The molecule has 106 valence electrons. The van der Waals surface area contributed by atoms with Crippen molar-refractivity contribution in [2.24, 2.45) is 0 Å². The summed E-state index contributed by atoms with van der Waals surface area (Å²) in [6.07, 6.45) is 5.46. The number of methoxy groups -OCH3 is 2. The quantitative estimate of drug-likeness (QED) is 0.744. The van der Waals surface area contributed by atoms with Crippen LogP contribution in [0.3, 0.4) is 0 Å². The van der Waals surface area contributed by atoms with Crippen LogP contribution in [0, 0.1) is 0 Å². The molecule has 0 bridgehead atoms. The number of aromatic nitrogens is 1. The number of ether oxygens (including phenoxy) is 2. The highest BCUT2D eigenvalue weighted by Crippen LogP contribution is 2.34. The molecule has 0 fully saturated rings. The Morgan fingerprint density at radius 1 is 0.950 bits per heavy atom. The van der Waals surface area contributed by atoms with E-state index < -0.39 is 0 Å². The lowest BCUT2D eigenvalue weighted by molar-refractivity contribution is 0.354. The third kappa shape index (κ3) is 3.52. The number of rotatable bonds is 5. The minimum absolute atomic E-state index is 0.727. The van der Waals surface area contributed by atoms with Gasteiger partial charge in [-0.15, -0.1) is 0 Å². The van der Waals surface area contributed by atoms with Crippen molar-refractivity contribution >= 4 is 31.9 Å². The van der Waals surface area contributed by atoms with Crippen molar-refractivity contribution in [3.63, 3.8) is 0 Å². The first kappa shape index (κ1) is 15.3. The van der Waals surface area contributed by atoms with Gasteiger partial charge in [-0.05, 0) is 42.2 Å². The first-order valence-corrected chi connectivity index (χ1v) is 7.73. The SMILES string of the molecule is COc1cc(Br)c(CCc2cnccc2Br)cc1OC. The summed E-state index contributed by atoms with van der Waals surface area (Å²) in [4.78, 5) is 4.15. The molecule has 0 aliphatic carbocycles. The molecule has 1 heterocycles. The summed E-state index contributed by atoms with van der Waals surface area (Å²) < 4.78 is 12.7. The molecule has 2 aromatic rings. The Kier molecular flexibility index (Phi) is 5.43. The van der Waals surface area contributed by atoms with E-state index in [9.17, 15) is 0 Å². The molecule has 0 atom stereocenters. The van der Waals surface area contributed by atoms with Crippen molar-refractivity contribution in [1.82, 2.24) is 4.98 Å². The molecule has 1 aromatic carbocycles. The topological polar surface area (TPSA) is 31.4 Å². The van der Waals surface area contributed by atoms with Crippen molar-refractivity contribution in [2.75, 3.05) is 14.2 Å². The normalized spacial score (nSPS) is 10.4. The van der Waals surface area contributed by atoms with Crippen LogP contribution in [-0.2, 0) is 12.8 Å². The van der Waals surface area contributed by atoms with E-state index in [1.54, 1.807) is 20.4 Å². The van der Waals surface area contributed by atoms with Crippen LogP contribution in [0.25, 0.3) is 0 Å². The maximum atomic E-state index is 5.34. The number of halogens is 2. The zero-order valence-corrected chi connectivity index (χ0v) is 14.5. The molecule has 0 radical (unpaired) electrons. The Morgan fingerprint density at radius 3 is 2.25 bits per heavy atom. The van der Waals surface area contributed by atoms with Crippen molar-refractivity contribution in [1.29, 1.82) is 0 Å². The van der Waals surface area contributed by atoms with Crippen LogP contribution in [0.2, 0.25) is 0 Å². The Morgan fingerprint density at radius 2 is 1.60 bits per heavy atom. The number of aryl methyl sites for hydroxylation is 2. The van der Waals surface area contributed by atoms with E-state index in [2.05, 4.69) is 36.8 Å². The molecule has 0 saturated heterocycles. The van der Waals surface area contributed by atoms with Crippen LogP contribution < -0.4 is 9.47 Å². The van der Waals surface area contributed by atoms with Crippen molar-refractivity contribution < 1.29 is 9.47 Å². The largest absolute Gasteiger partial charge is 0.493 e. The average Bonchev–Trinajstić information content (AvgIpc) is 2.47. The molecule has 0 aliphatic rings. The van der Waals surface area contributed by atoms with E-state index in [4.69, 9.17) is 9.47 Å². The van der Waals surface area contributed by atoms with E-state index in [0.717, 1.165) is 33.3 Å². The number of hydrogen-bond donors (Lipinski definition) is 0. The summed E-state index contributed by atoms with van der Waals surface area (Å²) in [7, 11) is 3.28. The van der Waals surface area contributed by atoms with E-state index in [1.165, 1.54) is 11.1 Å². The predicted molar refractivity (Wildman–Crippen MR) is 86.6 cm³/mol.